The van der Waals surface area contributed by atoms with E-state index in [4.69, 9.17) is 9.47 Å². The molecule has 0 radical (unpaired) electrons. The highest BCUT2D eigenvalue weighted by molar-refractivity contribution is 5.93. The lowest BCUT2D eigenvalue weighted by atomic mass is 10.0. The zero-order valence-electron chi connectivity index (χ0n) is 19.0. The molecule has 0 N–H and O–H groups in total. The van der Waals surface area contributed by atoms with Crippen LogP contribution < -0.4 is 9.47 Å². The maximum atomic E-state index is 13.3. The predicted molar refractivity (Wildman–Crippen MR) is 126 cm³/mol. The molecule has 0 spiro atoms. The summed E-state index contributed by atoms with van der Waals surface area (Å²) in [6.45, 7) is 0.855. The molecule has 3 heterocycles. The van der Waals surface area contributed by atoms with Gasteiger partial charge in [0.25, 0.3) is 5.91 Å². The van der Waals surface area contributed by atoms with Crippen LogP contribution in [0.4, 0.5) is 0 Å². The van der Waals surface area contributed by atoms with Gasteiger partial charge in [-0.05, 0) is 48.2 Å². The number of aliphatic imine (C=N–C) groups is 1. The zero-order chi connectivity index (χ0) is 23.7. The van der Waals surface area contributed by atoms with Crippen LogP contribution in [0.3, 0.4) is 0 Å². The van der Waals surface area contributed by atoms with E-state index in [-0.39, 0.29) is 17.7 Å². The summed E-state index contributed by atoms with van der Waals surface area (Å²) in [6, 6.07) is 13.0. The largest absolute Gasteiger partial charge is 0.481 e. The summed E-state index contributed by atoms with van der Waals surface area (Å²) in [5.74, 6) is 0.656. The number of hydrogen-bond acceptors (Lipinski definition) is 7. The van der Waals surface area contributed by atoms with E-state index in [9.17, 15) is 10.1 Å². The van der Waals surface area contributed by atoms with Gasteiger partial charge in [-0.1, -0.05) is 12.1 Å². The third-order valence-electron chi connectivity index (χ3n) is 5.89. The monoisotopic (exact) mass is 453 g/mol. The van der Waals surface area contributed by atoms with Gasteiger partial charge < -0.3 is 14.4 Å². The van der Waals surface area contributed by atoms with Crippen molar-refractivity contribution in [2.24, 2.45) is 4.99 Å². The zero-order valence-corrected chi connectivity index (χ0v) is 19.0. The van der Waals surface area contributed by atoms with Crippen molar-refractivity contribution < 1.29 is 14.3 Å². The molecule has 1 aliphatic heterocycles. The quantitative estimate of drug-likeness (QED) is 0.540. The first-order valence-corrected chi connectivity index (χ1v) is 11.1. The van der Waals surface area contributed by atoms with Crippen molar-refractivity contribution in [2.75, 3.05) is 14.2 Å². The van der Waals surface area contributed by atoms with Crippen molar-refractivity contribution >= 4 is 12.1 Å². The average molecular weight is 454 g/mol. The van der Waals surface area contributed by atoms with Gasteiger partial charge in [-0.2, -0.15) is 5.26 Å². The molecule has 1 aromatic carbocycles. The van der Waals surface area contributed by atoms with Crippen molar-refractivity contribution in [3.05, 3.63) is 70.5 Å². The number of carbonyl (C=O) groups excluding carboxylic acids is 1. The Morgan fingerprint density at radius 1 is 1.24 bits per heavy atom. The summed E-state index contributed by atoms with van der Waals surface area (Å²) in [5, 5.41) is 9.26. The first kappa shape index (κ1) is 21.6. The number of amides is 1. The molecule has 1 saturated carbocycles. The topological polar surface area (TPSA) is 101 Å². The van der Waals surface area contributed by atoms with Crippen molar-refractivity contribution in [3.8, 4) is 29.0 Å². The van der Waals surface area contributed by atoms with Crippen LogP contribution >= 0.6 is 0 Å². The summed E-state index contributed by atoms with van der Waals surface area (Å²) in [6.07, 6.45) is 5.56. The first-order chi connectivity index (χ1) is 16.6. The van der Waals surface area contributed by atoms with Gasteiger partial charge >= 0.3 is 0 Å². The molecule has 8 nitrogen and oxygen atoms in total. The van der Waals surface area contributed by atoms with E-state index >= 15 is 0 Å². The molecule has 0 saturated heterocycles. The van der Waals surface area contributed by atoms with E-state index in [0.717, 1.165) is 40.7 Å². The lowest BCUT2D eigenvalue weighted by Crippen LogP contribution is -2.28. The standard InChI is InChI=1S/C26H23N5O3/c1-31(15-22-21-14-28-12-18(21)13-29-24(22)33-2)26(32)23-9-8-20(25(30-23)34-19-6-7-19)17-5-3-4-16(10-17)11-27/h3-5,8-10,12-13,19H,6-7,14-15H2,1-2H3. The highest BCUT2D eigenvalue weighted by Crippen LogP contribution is 2.34. The fourth-order valence-electron chi connectivity index (χ4n) is 3.93. The SMILES string of the molecule is COc1ncc2c(c1CN(C)C(=O)c1ccc(-c3cccc(C#N)c3)c(OC3CC3)n1)CN=C2. The molecule has 2 aromatic heterocycles. The van der Waals surface area contributed by atoms with E-state index in [0.29, 0.717) is 30.4 Å². The smallest absolute Gasteiger partial charge is 0.272 e. The average Bonchev–Trinajstić information content (AvgIpc) is 3.55. The van der Waals surface area contributed by atoms with Crippen LogP contribution in [0, 0.1) is 11.3 Å². The number of aromatic nitrogens is 2. The molecule has 2 aliphatic rings. The third kappa shape index (κ3) is 4.20. The number of hydrogen-bond donors (Lipinski definition) is 0. The van der Waals surface area contributed by atoms with Crippen molar-refractivity contribution in [3.63, 3.8) is 0 Å². The van der Waals surface area contributed by atoms with Gasteiger partial charge in [0, 0.05) is 36.1 Å². The van der Waals surface area contributed by atoms with Gasteiger partial charge in [0.2, 0.25) is 11.8 Å². The minimum Gasteiger partial charge on any atom is -0.481 e. The summed E-state index contributed by atoms with van der Waals surface area (Å²) in [7, 11) is 3.29. The molecule has 8 heteroatoms. The Hall–Kier alpha value is -4.25. The molecule has 0 unspecified atom stereocenters. The van der Waals surface area contributed by atoms with E-state index in [1.807, 2.05) is 18.2 Å². The van der Waals surface area contributed by atoms with Crippen LogP contribution in [0.25, 0.3) is 11.1 Å². The molecule has 3 aromatic rings. The normalized spacial score (nSPS) is 13.8. The highest BCUT2D eigenvalue weighted by atomic mass is 16.5. The second-order valence-electron chi connectivity index (χ2n) is 8.37. The molecule has 34 heavy (non-hydrogen) atoms. The number of rotatable bonds is 7. The predicted octanol–water partition coefficient (Wildman–Crippen LogP) is 3.77. The molecule has 0 bridgehead atoms. The van der Waals surface area contributed by atoms with E-state index < -0.39 is 0 Å². The van der Waals surface area contributed by atoms with Crippen LogP contribution in [-0.2, 0) is 13.1 Å². The molecule has 1 fully saturated rings. The van der Waals surface area contributed by atoms with Crippen LogP contribution in [0.1, 0.15) is 45.6 Å². The minimum absolute atomic E-state index is 0.107. The minimum atomic E-state index is -0.239. The van der Waals surface area contributed by atoms with Crippen LogP contribution in [0.2, 0.25) is 0 Å². The molecule has 5 rings (SSSR count). The Morgan fingerprint density at radius 2 is 2.09 bits per heavy atom. The highest BCUT2D eigenvalue weighted by Gasteiger charge is 2.27. The van der Waals surface area contributed by atoms with Crippen LogP contribution in [0.15, 0.2) is 47.6 Å². The number of carbonyl (C=O) groups is 1. The summed E-state index contributed by atoms with van der Waals surface area (Å²) >= 11 is 0. The molecular weight excluding hydrogens is 430 g/mol. The van der Waals surface area contributed by atoms with Crippen molar-refractivity contribution in [1.82, 2.24) is 14.9 Å². The molecule has 170 valence electrons. The number of pyridine rings is 2. The second kappa shape index (κ2) is 8.94. The summed E-state index contributed by atoms with van der Waals surface area (Å²) in [4.78, 5) is 28.2. The Bertz CT molecular complexity index is 1340. The number of fused-ring (bicyclic) bond motifs is 1. The molecule has 0 atom stereocenters. The number of nitriles is 1. The summed E-state index contributed by atoms with van der Waals surface area (Å²) in [5.41, 5.74) is 5.22. The second-order valence-corrected chi connectivity index (χ2v) is 8.37. The van der Waals surface area contributed by atoms with Crippen molar-refractivity contribution in [2.45, 2.75) is 32.0 Å². The Morgan fingerprint density at radius 3 is 2.85 bits per heavy atom. The van der Waals surface area contributed by atoms with Gasteiger partial charge in [-0.3, -0.25) is 9.79 Å². The summed E-state index contributed by atoms with van der Waals surface area (Å²) < 4.78 is 11.5. The fourth-order valence-corrected chi connectivity index (χ4v) is 3.93. The molecular formula is C26H23N5O3. The lowest BCUT2D eigenvalue weighted by molar-refractivity contribution is 0.0776. The first-order valence-electron chi connectivity index (χ1n) is 11.1. The number of ether oxygens (including phenoxy) is 2. The molecule has 1 aliphatic carbocycles. The maximum absolute atomic E-state index is 13.3. The van der Waals surface area contributed by atoms with E-state index in [2.05, 4.69) is 21.0 Å². The Kier molecular flexibility index (Phi) is 5.68. The van der Waals surface area contributed by atoms with Gasteiger partial charge in [0.05, 0.1) is 31.8 Å². The fraction of sp³-hybridized carbons (Fsp3) is 0.269. The van der Waals surface area contributed by atoms with E-state index in [1.54, 1.807) is 49.7 Å². The Labute approximate surface area is 197 Å². The van der Waals surface area contributed by atoms with E-state index in [1.165, 1.54) is 0 Å². The number of nitrogens with zero attached hydrogens (tertiary/aromatic N) is 5. The van der Waals surface area contributed by atoms with Gasteiger partial charge in [0.15, 0.2) is 0 Å². The van der Waals surface area contributed by atoms with Crippen LogP contribution in [0.5, 0.6) is 11.8 Å². The third-order valence-corrected chi connectivity index (χ3v) is 5.89. The Balaban J connectivity index is 1.44. The number of benzene rings is 1. The van der Waals surface area contributed by atoms with Gasteiger partial charge in [-0.15, -0.1) is 0 Å². The molecule has 1 amide bonds. The van der Waals surface area contributed by atoms with Gasteiger partial charge in [0.1, 0.15) is 11.8 Å². The van der Waals surface area contributed by atoms with Crippen molar-refractivity contribution in [1.29, 1.82) is 5.26 Å². The van der Waals surface area contributed by atoms with Crippen LogP contribution in [-0.4, -0.2) is 47.3 Å². The number of methoxy groups -OCH3 is 1. The van der Waals surface area contributed by atoms with Gasteiger partial charge in [-0.25, -0.2) is 9.97 Å². The lowest BCUT2D eigenvalue weighted by Gasteiger charge is -2.20. The maximum Gasteiger partial charge on any atom is 0.272 e.